The minimum atomic E-state index is -0.306. The largest absolute Gasteiger partial charge is 0.300 e. The smallest absolute Gasteiger partial charge is 0.291 e. The van der Waals surface area contributed by atoms with Crippen molar-refractivity contribution in [2.75, 3.05) is 0 Å². The lowest BCUT2D eigenvalue weighted by Crippen LogP contribution is -1.96. The highest BCUT2D eigenvalue weighted by Crippen LogP contribution is 2.17. The van der Waals surface area contributed by atoms with Crippen LogP contribution in [0.15, 0.2) is 39.3 Å². The van der Waals surface area contributed by atoms with Gasteiger partial charge in [-0.05, 0) is 31.2 Å². The molecule has 2 N–H and O–H groups in total. The highest BCUT2D eigenvalue weighted by Gasteiger charge is 2.03. The van der Waals surface area contributed by atoms with Crippen LogP contribution in [0.4, 0.5) is 11.4 Å². The second-order valence-corrected chi connectivity index (χ2v) is 3.41. The third-order valence-electron chi connectivity index (χ3n) is 2.20. The SMILES string of the molecule is Cc1[nH][nH]c(=O)c1N=Nc1ccc(C#N)cc1. The molecule has 1 aromatic carbocycles. The zero-order valence-corrected chi connectivity index (χ0v) is 9.06. The van der Waals surface area contributed by atoms with Gasteiger partial charge in [0.15, 0.2) is 5.69 Å². The van der Waals surface area contributed by atoms with Crippen LogP contribution in [0, 0.1) is 18.3 Å². The van der Waals surface area contributed by atoms with Gasteiger partial charge in [0.05, 0.1) is 23.0 Å². The molecule has 6 heteroatoms. The Labute approximate surface area is 96.6 Å². The molecule has 84 valence electrons. The average Bonchev–Trinajstić information content (AvgIpc) is 2.67. The molecular formula is C11H9N5O. The number of aromatic nitrogens is 2. The van der Waals surface area contributed by atoms with Crippen LogP contribution in [0.5, 0.6) is 0 Å². The molecule has 0 unspecified atom stereocenters. The number of hydrogen-bond acceptors (Lipinski definition) is 4. The average molecular weight is 227 g/mol. The van der Waals surface area contributed by atoms with Crippen molar-refractivity contribution >= 4 is 11.4 Å². The van der Waals surface area contributed by atoms with Gasteiger partial charge in [0.2, 0.25) is 0 Å². The molecule has 17 heavy (non-hydrogen) atoms. The molecule has 0 spiro atoms. The summed E-state index contributed by atoms with van der Waals surface area (Å²) < 4.78 is 0. The summed E-state index contributed by atoms with van der Waals surface area (Å²) in [6.45, 7) is 1.73. The van der Waals surface area contributed by atoms with Crippen LogP contribution in [0.1, 0.15) is 11.3 Å². The van der Waals surface area contributed by atoms with Crippen molar-refractivity contribution in [1.82, 2.24) is 10.2 Å². The van der Waals surface area contributed by atoms with Gasteiger partial charge in [-0.3, -0.25) is 9.89 Å². The lowest BCUT2D eigenvalue weighted by Gasteiger charge is -1.91. The Balaban J connectivity index is 2.27. The zero-order chi connectivity index (χ0) is 12.3. The van der Waals surface area contributed by atoms with E-state index in [0.717, 1.165) is 0 Å². The van der Waals surface area contributed by atoms with E-state index < -0.39 is 0 Å². The van der Waals surface area contributed by atoms with E-state index in [2.05, 4.69) is 20.4 Å². The monoisotopic (exact) mass is 227 g/mol. The van der Waals surface area contributed by atoms with Gasteiger partial charge in [-0.2, -0.15) is 10.4 Å². The van der Waals surface area contributed by atoms with Crippen molar-refractivity contribution < 1.29 is 0 Å². The van der Waals surface area contributed by atoms with Crippen LogP contribution >= 0.6 is 0 Å². The number of benzene rings is 1. The van der Waals surface area contributed by atoms with Crippen LogP contribution in [0.2, 0.25) is 0 Å². The normalized spacial score (nSPS) is 10.6. The molecule has 2 aromatic rings. The summed E-state index contributed by atoms with van der Waals surface area (Å²) in [6.07, 6.45) is 0. The molecule has 2 rings (SSSR count). The first kappa shape index (κ1) is 10.8. The van der Waals surface area contributed by atoms with Crippen molar-refractivity contribution in [2.24, 2.45) is 10.2 Å². The maximum absolute atomic E-state index is 11.3. The van der Waals surface area contributed by atoms with Crippen LogP contribution in [-0.4, -0.2) is 10.2 Å². The summed E-state index contributed by atoms with van der Waals surface area (Å²) in [7, 11) is 0. The van der Waals surface area contributed by atoms with Crippen molar-refractivity contribution in [2.45, 2.75) is 6.92 Å². The van der Waals surface area contributed by atoms with Gasteiger partial charge in [0.1, 0.15) is 0 Å². The van der Waals surface area contributed by atoms with Crippen LogP contribution in [0.25, 0.3) is 0 Å². The van der Waals surface area contributed by atoms with E-state index in [1.807, 2.05) is 6.07 Å². The molecule has 0 radical (unpaired) electrons. The second-order valence-electron chi connectivity index (χ2n) is 3.41. The summed E-state index contributed by atoms with van der Waals surface area (Å²) in [5.74, 6) is 0. The number of rotatable bonds is 2. The maximum atomic E-state index is 11.3. The predicted molar refractivity (Wildman–Crippen MR) is 61.5 cm³/mol. The highest BCUT2D eigenvalue weighted by atomic mass is 16.1. The Kier molecular flexibility index (Phi) is 2.83. The van der Waals surface area contributed by atoms with E-state index >= 15 is 0 Å². The number of nitriles is 1. The lowest BCUT2D eigenvalue weighted by atomic mass is 10.2. The quantitative estimate of drug-likeness (QED) is 0.769. The van der Waals surface area contributed by atoms with E-state index in [4.69, 9.17) is 5.26 Å². The van der Waals surface area contributed by atoms with Gasteiger partial charge in [0, 0.05) is 0 Å². The molecule has 0 saturated carbocycles. The number of hydrogen-bond donors (Lipinski definition) is 2. The van der Waals surface area contributed by atoms with Gasteiger partial charge in [-0.15, -0.1) is 5.11 Å². The number of H-pyrrole nitrogens is 2. The molecule has 0 aliphatic carbocycles. The van der Waals surface area contributed by atoms with E-state index in [1.165, 1.54) is 0 Å². The Bertz CT molecular complexity index is 642. The van der Waals surface area contributed by atoms with Crippen molar-refractivity contribution in [1.29, 1.82) is 5.26 Å². The Hall–Kier alpha value is -2.68. The molecule has 0 saturated heterocycles. The number of azo groups is 1. The van der Waals surface area contributed by atoms with Crippen LogP contribution in [-0.2, 0) is 0 Å². The molecule has 1 aromatic heterocycles. The fourth-order valence-corrected chi connectivity index (χ4v) is 1.27. The molecule has 0 amide bonds. The van der Waals surface area contributed by atoms with E-state index in [0.29, 0.717) is 16.9 Å². The maximum Gasteiger partial charge on any atom is 0.291 e. The fourth-order valence-electron chi connectivity index (χ4n) is 1.27. The lowest BCUT2D eigenvalue weighted by molar-refractivity contribution is 1.02. The van der Waals surface area contributed by atoms with Gasteiger partial charge in [-0.25, -0.2) is 0 Å². The summed E-state index contributed by atoms with van der Waals surface area (Å²) >= 11 is 0. The van der Waals surface area contributed by atoms with Crippen molar-refractivity contribution in [3.63, 3.8) is 0 Å². The first-order chi connectivity index (χ1) is 8.20. The summed E-state index contributed by atoms with van der Waals surface area (Å²) in [5.41, 5.74) is 1.73. The Morgan fingerprint density at radius 2 is 1.88 bits per heavy atom. The standard InChI is InChI=1S/C11H9N5O/c1-7-10(11(17)16-13-7)15-14-9-4-2-8(6-12)3-5-9/h2-5H,1H3,(H2,13,16,17). The van der Waals surface area contributed by atoms with Crippen LogP contribution in [0.3, 0.4) is 0 Å². The van der Waals surface area contributed by atoms with E-state index in [-0.39, 0.29) is 11.2 Å². The third kappa shape index (κ3) is 2.29. The van der Waals surface area contributed by atoms with Gasteiger partial charge >= 0.3 is 0 Å². The predicted octanol–water partition coefficient (Wildman–Crippen LogP) is 2.30. The zero-order valence-electron chi connectivity index (χ0n) is 9.06. The number of aryl methyl sites for hydroxylation is 1. The fraction of sp³-hybridized carbons (Fsp3) is 0.0909. The first-order valence-corrected chi connectivity index (χ1v) is 4.90. The second kappa shape index (κ2) is 4.45. The molecule has 0 aliphatic rings. The minimum Gasteiger partial charge on any atom is -0.300 e. The summed E-state index contributed by atoms with van der Waals surface area (Å²) in [4.78, 5) is 11.3. The summed E-state index contributed by atoms with van der Waals surface area (Å²) in [5, 5.41) is 21.5. The molecule has 0 fully saturated rings. The first-order valence-electron chi connectivity index (χ1n) is 4.90. The Morgan fingerprint density at radius 3 is 2.41 bits per heavy atom. The molecule has 0 atom stereocenters. The van der Waals surface area contributed by atoms with Gasteiger partial charge in [0.25, 0.3) is 5.56 Å². The molecular weight excluding hydrogens is 218 g/mol. The van der Waals surface area contributed by atoms with Crippen molar-refractivity contribution in [3.8, 4) is 6.07 Å². The van der Waals surface area contributed by atoms with Crippen molar-refractivity contribution in [3.05, 3.63) is 45.9 Å². The topological polar surface area (TPSA) is 97.2 Å². The number of aromatic amines is 2. The molecule has 1 heterocycles. The molecule has 0 bridgehead atoms. The Morgan fingerprint density at radius 1 is 1.18 bits per heavy atom. The van der Waals surface area contributed by atoms with E-state index in [9.17, 15) is 4.79 Å². The summed E-state index contributed by atoms with van der Waals surface area (Å²) in [6, 6.07) is 8.62. The number of nitrogens with zero attached hydrogens (tertiary/aromatic N) is 3. The minimum absolute atomic E-state index is 0.259. The molecule has 0 aliphatic heterocycles. The van der Waals surface area contributed by atoms with Gasteiger partial charge < -0.3 is 5.10 Å². The van der Waals surface area contributed by atoms with Gasteiger partial charge in [-0.1, -0.05) is 0 Å². The number of nitrogens with one attached hydrogen (secondary N) is 2. The third-order valence-corrected chi connectivity index (χ3v) is 2.20. The highest BCUT2D eigenvalue weighted by molar-refractivity contribution is 5.44. The molecule has 6 nitrogen and oxygen atoms in total. The van der Waals surface area contributed by atoms with Crippen LogP contribution < -0.4 is 5.56 Å². The van der Waals surface area contributed by atoms with E-state index in [1.54, 1.807) is 31.2 Å².